The molecule has 0 amide bonds. The zero-order valence-corrected chi connectivity index (χ0v) is 20.0. The molecule has 182 valence electrons. The maximum absolute atomic E-state index is 12.8. The molecule has 35 heavy (non-hydrogen) atoms. The lowest BCUT2D eigenvalue weighted by molar-refractivity contribution is -0.0394. The molecule has 1 unspecified atom stereocenters. The minimum Gasteiger partial charge on any atom is -0.443 e. The molecule has 0 bridgehead atoms. The first-order chi connectivity index (χ1) is 16.8. The molecule has 0 aliphatic carbocycles. The summed E-state index contributed by atoms with van der Waals surface area (Å²) >= 11 is 0. The van der Waals surface area contributed by atoms with E-state index in [-0.39, 0.29) is 11.9 Å². The maximum Gasteiger partial charge on any atom is 0.419 e. The van der Waals surface area contributed by atoms with E-state index in [4.69, 9.17) is 9.47 Å². The van der Waals surface area contributed by atoms with E-state index in [0.29, 0.717) is 24.0 Å². The van der Waals surface area contributed by atoms with Gasteiger partial charge in [-0.15, -0.1) is 5.10 Å². The highest BCUT2D eigenvalue weighted by molar-refractivity contribution is 5.97. The third kappa shape index (κ3) is 4.88. The lowest BCUT2D eigenvalue weighted by Gasteiger charge is -2.22. The predicted molar refractivity (Wildman–Crippen MR) is 128 cm³/mol. The molecule has 0 saturated carbocycles. The first-order valence-electron chi connectivity index (χ1n) is 11.7. The smallest absolute Gasteiger partial charge is 0.419 e. The monoisotopic (exact) mass is 476 g/mol. The van der Waals surface area contributed by atoms with Crippen molar-refractivity contribution in [3.63, 3.8) is 0 Å². The molecule has 4 aromatic rings. The fraction of sp³-hybridized carbons (Fsp3) is 0.400. The van der Waals surface area contributed by atoms with E-state index in [1.54, 1.807) is 37.7 Å². The lowest BCUT2D eigenvalue weighted by atomic mass is 10.1. The fourth-order valence-corrected chi connectivity index (χ4v) is 4.22. The van der Waals surface area contributed by atoms with Crippen LogP contribution < -0.4 is 0 Å². The van der Waals surface area contributed by atoms with Gasteiger partial charge in [-0.3, -0.25) is 4.79 Å². The quantitative estimate of drug-likeness (QED) is 0.392. The van der Waals surface area contributed by atoms with Gasteiger partial charge in [0.15, 0.2) is 6.29 Å². The van der Waals surface area contributed by atoms with Crippen LogP contribution in [0.15, 0.2) is 42.9 Å². The third-order valence-electron chi connectivity index (χ3n) is 5.83. The standard InChI is InChI=1S/C25H28N6O4/c1-25(2,3)35-24(33)31-20(16-32)11-18-8-7-17(10-22(18)31)13-29-15-21(27-28-29)19-12-26-30(14-19)23-6-4-5-9-34-23/h7-8,10-12,14-16,23H,4-6,9,13H2,1-3H3. The van der Waals surface area contributed by atoms with Crippen LogP contribution in [0.4, 0.5) is 4.79 Å². The van der Waals surface area contributed by atoms with Gasteiger partial charge in [-0.1, -0.05) is 17.3 Å². The zero-order chi connectivity index (χ0) is 24.6. The first-order valence-corrected chi connectivity index (χ1v) is 11.7. The molecule has 5 rings (SSSR count). The average molecular weight is 477 g/mol. The molecule has 1 aromatic carbocycles. The van der Waals surface area contributed by atoms with E-state index in [1.165, 1.54) is 4.57 Å². The van der Waals surface area contributed by atoms with Crippen molar-refractivity contribution < 1.29 is 19.1 Å². The summed E-state index contributed by atoms with van der Waals surface area (Å²) in [4.78, 5) is 24.4. The van der Waals surface area contributed by atoms with Crippen LogP contribution >= 0.6 is 0 Å². The Balaban J connectivity index is 1.38. The summed E-state index contributed by atoms with van der Waals surface area (Å²) in [7, 11) is 0. The van der Waals surface area contributed by atoms with Crippen molar-refractivity contribution in [2.75, 3.05) is 6.61 Å². The summed E-state index contributed by atoms with van der Waals surface area (Å²) < 4.78 is 16.2. The van der Waals surface area contributed by atoms with Crippen LogP contribution in [0.5, 0.6) is 0 Å². The second-order valence-corrected chi connectivity index (χ2v) is 9.73. The first kappa shape index (κ1) is 23.0. The van der Waals surface area contributed by atoms with Crippen molar-refractivity contribution in [1.29, 1.82) is 0 Å². The van der Waals surface area contributed by atoms with Crippen LogP contribution in [0.25, 0.3) is 22.2 Å². The molecule has 1 fully saturated rings. The number of carbonyl (C=O) groups is 2. The van der Waals surface area contributed by atoms with Crippen LogP contribution in [0.1, 0.15) is 62.3 Å². The Hall–Kier alpha value is -3.79. The molecule has 0 N–H and O–H groups in total. The Morgan fingerprint density at radius 1 is 1.23 bits per heavy atom. The third-order valence-corrected chi connectivity index (χ3v) is 5.83. The largest absolute Gasteiger partial charge is 0.443 e. The van der Waals surface area contributed by atoms with Gasteiger partial charge in [0.2, 0.25) is 0 Å². The van der Waals surface area contributed by atoms with Crippen LogP contribution in [-0.2, 0) is 16.0 Å². The SMILES string of the molecule is CC(C)(C)OC(=O)n1c(C=O)cc2ccc(Cn3cc(-c4cnn(C5CCCCO5)c4)nn3)cc21. The number of rotatable bonds is 5. The Bertz CT molecular complexity index is 1370. The molecular formula is C25H28N6O4. The van der Waals surface area contributed by atoms with Gasteiger partial charge in [-0.25, -0.2) is 18.7 Å². The second kappa shape index (κ2) is 9.10. The molecule has 10 heteroatoms. The molecule has 0 radical (unpaired) electrons. The molecule has 10 nitrogen and oxygen atoms in total. The van der Waals surface area contributed by atoms with Crippen LogP contribution in [0.3, 0.4) is 0 Å². The summed E-state index contributed by atoms with van der Waals surface area (Å²) in [6.07, 6.45) is 8.77. The van der Waals surface area contributed by atoms with E-state index in [0.717, 1.165) is 42.4 Å². The molecule has 1 saturated heterocycles. The molecule has 1 atom stereocenters. The highest BCUT2D eigenvalue weighted by Gasteiger charge is 2.22. The van der Waals surface area contributed by atoms with Crippen LogP contribution in [0, 0.1) is 0 Å². The summed E-state index contributed by atoms with van der Waals surface area (Å²) in [6.45, 7) is 6.56. The van der Waals surface area contributed by atoms with Crippen molar-refractivity contribution in [3.8, 4) is 11.3 Å². The predicted octanol–water partition coefficient (Wildman–Crippen LogP) is 4.44. The van der Waals surface area contributed by atoms with Crippen molar-refractivity contribution in [3.05, 3.63) is 54.1 Å². The van der Waals surface area contributed by atoms with E-state index in [2.05, 4.69) is 15.4 Å². The summed E-state index contributed by atoms with van der Waals surface area (Å²) in [5.74, 6) is 0. The Morgan fingerprint density at radius 2 is 2.09 bits per heavy atom. The number of aldehydes is 1. The molecule has 3 aromatic heterocycles. The maximum atomic E-state index is 12.8. The van der Waals surface area contributed by atoms with Crippen molar-refractivity contribution in [2.45, 2.75) is 58.4 Å². The van der Waals surface area contributed by atoms with Crippen LogP contribution in [0.2, 0.25) is 0 Å². The molecule has 1 aliphatic rings. The topological polar surface area (TPSA) is 106 Å². The zero-order valence-electron chi connectivity index (χ0n) is 20.0. The van der Waals surface area contributed by atoms with Gasteiger partial charge < -0.3 is 9.47 Å². The number of nitrogens with zero attached hydrogens (tertiary/aromatic N) is 6. The van der Waals surface area contributed by atoms with Crippen molar-refractivity contribution in [1.82, 2.24) is 29.3 Å². The molecule has 1 aliphatic heterocycles. The number of aromatic nitrogens is 6. The highest BCUT2D eigenvalue weighted by atomic mass is 16.6. The fourth-order valence-electron chi connectivity index (χ4n) is 4.22. The average Bonchev–Trinajstić information content (AvgIpc) is 3.56. The van der Waals surface area contributed by atoms with Gasteiger partial charge in [0, 0.05) is 23.8 Å². The number of hydrogen-bond donors (Lipinski definition) is 0. The molecule has 0 spiro atoms. The second-order valence-electron chi connectivity index (χ2n) is 9.73. The minimum atomic E-state index is -0.681. The van der Waals surface area contributed by atoms with Gasteiger partial charge in [-0.2, -0.15) is 5.10 Å². The molecular weight excluding hydrogens is 448 g/mol. The number of ether oxygens (including phenoxy) is 2. The Labute approximate surface area is 202 Å². The number of benzene rings is 1. The lowest BCUT2D eigenvalue weighted by Crippen LogP contribution is -2.28. The molecule has 4 heterocycles. The summed E-state index contributed by atoms with van der Waals surface area (Å²) in [5, 5.41) is 13.8. The summed E-state index contributed by atoms with van der Waals surface area (Å²) in [5.41, 5.74) is 2.66. The van der Waals surface area contributed by atoms with Gasteiger partial charge >= 0.3 is 6.09 Å². The van der Waals surface area contributed by atoms with Gasteiger partial charge in [0.25, 0.3) is 0 Å². The summed E-state index contributed by atoms with van der Waals surface area (Å²) in [6, 6.07) is 7.37. The van der Waals surface area contributed by atoms with Crippen molar-refractivity contribution in [2.24, 2.45) is 0 Å². The van der Waals surface area contributed by atoms with E-state index in [9.17, 15) is 9.59 Å². The number of hydrogen-bond acceptors (Lipinski definition) is 7. The van der Waals surface area contributed by atoms with E-state index >= 15 is 0 Å². The van der Waals surface area contributed by atoms with Crippen LogP contribution in [-0.4, -0.2) is 53.9 Å². The minimum absolute atomic E-state index is 0.0308. The van der Waals surface area contributed by atoms with E-state index < -0.39 is 11.7 Å². The Morgan fingerprint density at radius 3 is 2.83 bits per heavy atom. The Kier molecular flexibility index (Phi) is 5.98. The van der Waals surface area contributed by atoms with Crippen molar-refractivity contribution >= 4 is 23.3 Å². The number of fused-ring (bicyclic) bond motifs is 1. The van der Waals surface area contributed by atoms with Gasteiger partial charge in [0.1, 0.15) is 17.5 Å². The number of carbonyl (C=O) groups excluding carboxylic acids is 2. The normalized spacial score (nSPS) is 16.5. The van der Waals surface area contributed by atoms with Gasteiger partial charge in [-0.05, 0) is 57.7 Å². The van der Waals surface area contributed by atoms with E-state index in [1.807, 2.05) is 35.3 Å². The van der Waals surface area contributed by atoms with Gasteiger partial charge in [0.05, 0.1) is 30.1 Å². The highest BCUT2D eigenvalue weighted by Crippen LogP contribution is 2.25.